The summed E-state index contributed by atoms with van der Waals surface area (Å²) in [4.78, 5) is 0. The Morgan fingerprint density at radius 2 is 1.67 bits per heavy atom. The van der Waals surface area contributed by atoms with Gasteiger partial charge < -0.3 is 8.85 Å². The molecule has 3 heteroatoms. The van der Waals surface area contributed by atoms with Crippen molar-refractivity contribution in [2.45, 2.75) is 58.2 Å². The Bertz CT molecular complexity index is 408. The van der Waals surface area contributed by atoms with Crippen molar-refractivity contribution in [1.82, 2.24) is 0 Å². The van der Waals surface area contributed by atoms with Gasteiger partial charge in [0.1, 0.15) is 0 Å². The topological polar surface area (TPSA) is 18.5 Å². The summed E-state index contributed by atoms with van der Waals surface area (Å²) in [6, 6.07) is 10.6. The van der Waals surface area contributed by atoms with E-state index in [2.05, 4.69) is 51.6 Å². The Labute approximate surface area is 131 Å². The van der Waals surface area contributed by atoms with Crippen molar-refractivity contribution in [1.29, 1.82) is 0 Å². The van der Waals surface area contributed by atoms with Crippen LogP contribution in [0, 0.1) is 0 Å². The molecule has 0 aliphatic rings. The molecule has 0 saturated carbocycles. The van der Waals surface area contributed by atoms with E-state index < -0.39 is 8.56 Å². The van der Waals surface area contributed by atoms with Gasteiger partial charge in [0.2, 0.25) is 0 Å². The second-order valence-corrected chi connectivity index (χ2v) is 8.97. The van der Waals surface area contributed by atoms with E-state index in [1.165, 1.54) is 5.56 Å². The van der Waals surface area contributed by atoms with Gasteiger partial charge in [0.15, 0.2) is 0 Å². The highest BCUT2D eigenvalue weighted by Gasteiger charge is 2.37. The van der Waals surface area contributed by atoms with E-state index >= 15 is 0 Å². The van der Waals surface area contributed by atoms with E-state index in [1.807, 2.05) is 13.2 Å². The van der Waals surface area contributed by atoms with Crippen molar-refractivity contribution in [3.05, 3.63) is 42.0 Å². The molecule has 0 bridgehead atoms. The summed E-state index contributed by atoms with van der Waals surface area (Å²) in [5.41, 5.74) is 2.38. The third kappa shape index (κ3) is 5.10. The van der Waals surface area contributed by atoms with Gasteiger partial charge in [-0.3, -0.25) is 0 Å². The lowest BCUT2D eigenvalue weighted by atomic mass is 10.1. The van der Waals surface area contributed by atoms with Gasteiger partial charge in [-0.05, 0) is 29.6 Å². The molecule has 2 nitrogen and oxygen atoms in total. The maximum absolute atomic E-state index is 6.57. The molecule has 1 atom stereocenters. The van der Waals surface area contributed by atoms with Gasteiger partial charge in [-0.15, -0.1) is 0 Å². The van der Waals surface area contributed by atoms with Gasteiger partial charge in [-0.25, -0.2) is 0 Å². The van der Waals surface area contributed by atoms with Gasteiger partial charge in [-0.1, -0.05) is 70.5 Å². The van der Waals surface area contributed by atoms with Crippen LogP contribution in [0.25, 0.3) is 6.08 Å². The normalized spacial score (nSPS) is 13.1. The maximum atomic E-state index is 6.57. The zero-order valence-corrected chi connectivity index (χ0v) is 15.0. The Kier molecular flexibility index (Phi) is 7.94. The van der Waals surface area contributed by atoms with Crippen molar-refractivity contribution < 1.29 is 8.85 Å². The van der Waals surface area contributed by atoms with Crippen LogP contribution in [-0.4, -0.2) is 15.7 Å². The molecule has 0 spiro atoms. The molecule has 0 aliphatic carbocycles. The summed E-state index contributed by atoms with van der Waals surface area (Å²) < 4.78 is 12.5. The van der Waals surface area contributed by atoms with Gasteiger partial charge in [0, 0.05) is 7.11 Å². The molecule has 0 radical (unpaired) electrons. The minimum atomic E-state index is -2.08. The highest BCUT2D eigenvalue weighted by molar-refractivity contribution is 6.67. The molecule has 0 aliphatic heterocycles. The lowest BCUT2D eigenvalue weighted by Crippen LogP contribution is -2.41. The summed E-state index contributed by atoms with van der Waals surface area (Å²) >= 11 is 0. The molecule has 1 unspecified atom stereocenters. The fourth-order valence-electron chi connectivity index (χ4n) is 2.75. The smallest absolute Gasteiger partial charge is 0.338 e. The Morgan fingerprint density at radius 3 is 2.05 bits per heavy atom. The van der Waals surface area contributed by atoms with Crippen molar-refractivity contribution in [2.24, 2.45) is 0 Å². The lowest BCUT2D eigenvalue weighted by Gasteiger charge is -2.33. The number of rotatable bonds is 10. The zero-order chi connectivity index (χ0) is 15.7. The average molecular weight is 307 g/mol. The minimum Gasteiger partial charge on any atom is -0.398 e. The SMILES string of the molecule is C=Cc1ccc(C(CC)O[Si](CCC)(CCC)OC)cc1. The molecule has 0 saturated heterocycles. The van der Waals surface area contributed by atoms with E-state index in [1.54, 1.807) is 0 Å². The summed E-state index contributed by atoms with van der Waals surface area (Å²) in [5.74, 6) is 0. The van der Waals surface area contributed by atoms with Crippen LogP contribution in [0.3, 0.4) is 0 Å². The molecule has 0 amide bonds. The van der Waals surface area contributed by atoms with Crippen LogP contribution >= 0.6 is 0 Å². The van der Waals surface area contributed by atoms with Crippen LogP contribution in [0.15, 0.2) is 30.8 Å². The van der Waals surface area contributed by atoms with Gasteiger partial charge >= 0.3 is 8.56 Å². The van der Waals surface area contributed by atoms with E-state index in [-0.39, 0.29) is 6.10 Å². The second-order valence-electron chi connectivity index (χ2n) is 5.50. The molecule has 118 valence electrons. The number of benzene rings is 1. The first-order valence-electron chi connectivity index (χ1n) is 8.10. The summed E-state index contributed by atoms with van der Waals surface area (Å²) in [7, 11) is -0.254. The average Bonchev–Trinajstić information content (AvgIpc) is 2.53. The number of hydrogen-bond acceptors (Lipinski definition) is 2. The predicted molar refractivity (Wildman–Crippen MR) is 93.6 cm³/mol. The third-order valence-electron chi connectivity index (χ3n) is 3.91. The molecule has 21 heavy (non-hydrogen) atoms. The van der Waals surface area contributed by atoms with Crippen molar-refractivity contribution in [3.63, 3.8) is 0 Å². The fourth-order valence-corrected chi connectivity index (χ4v) is 6.09. The van der Waals surface area contributed by atoms with Crippen LogP contribution in [0.4, 0.5) is 0 Å². The monoisotopic (exact) mass is 306 g/mol. The highest BCUT2D eigenvalue weighted by Crippen LogP contribution is 2.31. The Morgan fingerprint density at radius 1 is 1.10 bits per heavy atom. The minimum absolute atomic E-state index is 0.133. The van der Waals surface area contributed by atoms with E-state index in [9.17, 15) is 0 Å². The first-order chi connectivity index (χ1) is 10.1. The van der Waals surface area contributed by atoms with E-state index in [0.29, 0.717) is 0 Å². The second kappa shape index (κ2) is 9.18. The fraction of sp³-hybridized carbons (Fsp3) is 0.556. The van der Waals surface area contributed by atoms with Crippen LogP contribution < -0.4 is 0 Å². The van der Waals surface area contributed by atoms with E-state index in [4.69, 9.17) is 8.85 Å². The maximum Gasteiger partial charge on any atom is 0.338 e. The van der Waals surface area contributed by atoms with Crippen LogP contribution in [0.5, 0.6) is 0 Å². The molecular weight excluding hydrogens is 276 g/mol. The quantitative estimate of drug-likeness (QED) is 0.516. The molecule has 1 aromatic rings. The van der Waals surface area contributed by atoms with Crippen molar-refractivity contribution in [3.8, 4) is 0 Å². The first kappa shape index (κ1) is 18.1. The summed E-state index contributed by atoms with van der Waals surface area (Å²) in [6.07, 6.45) is 5.21. The summed E-state index contributed by atoms with van der Waals surface area (Å²) in [6.45, 7) is 10.4. The lowest BCUT2D eigenvalue weighted by molar-refractivity contribution is 0.124. The molecule has 0 aromatic heterocycles. The van der Waals surface area contributed by atoms with Gasteiger partial charge in [-0.2, -0.15) is 0 Å². The molecule has 0 heterocycles. The Balaban J connectivity index is 2.92. The van der Waals surface area contributed by atoms with Crippen LogP contribution in [0.2, 0.25) is 12.1 Å². The van der Waals surface area contributed by atoms with Crippen LogP contribution in [0.1, 0.15) is 57.3 Å². The standard InChI is InChI=1S/C18H30O2Si/c1-6-14-21(19-5,15-7-2)20-18(9-4)17-12-10-16(8-3)11-13-17/h8,10-13,18H,3,6-7,9,14-15H2,1-2,4-5H3. The van der Waals surface area contributed by atoms with Gasteiger partial charge in [0.25, 0.3) is 0 Å². The van der Waals surface area contributed by atoms with E-state index in [0.717, 1.165) is 36.9 Å². The van der Waals surface area contributed by atoms with Gasteiger partial charge in [0.05, 0.1) is 6.10 Å². The van der Waals surface area contributed by atoms with Crippen molar-refractivity contribution in [2.75, 3.05) is 7.11 Å². The molecule has 1 aromatic carbocycles. The molecule has 1 rings (SSSR count). The highest BCUT2D eigenvalue weighted by atomic mass is 28.4. The Hall–Kier alpha value is -0.903. The zero-order valence-electron chi connectivity index (χ0n) is 14.0. The molecule has 0 fully saturated rings. The summed E-state index contributed by atoms with van der Waals surface area (Å²) in [5, 5.41) is 0. The predicted octanol–water partition coefficient (Wildman–Crippen LogP) is 5.71. The third-order valence-corrected chi connectivity index (χ3v) is 7.89. The molecular formula is C18H30O2Si. The first-order valence-corrected chi connectivity index (χ1v) is 10.3. The van der Waals surface area contributed by atoms with Crippen LogP contribution in [-0.2, 0) is 8.85 Å². The van der Waals surface area contributed by atoms with Crippen molar-refractivity contribution >= 4 is 14.6 Å². The largest absolute Gasteiger partial charge is 0.398 e. The molecule has 0 N–H and O–H groups in total. The number of hydrogen-bond donors (Lipinski definition) is 0.